The molecule has 1 fully saturated rings. The smallest absolute Gasteiger partial charge is 0.347 e. The second kappa shape index (κ2) is 6.31. The highest BCUT2D eigenvalue weighted by Gasteiger charge is 2.20. The Labute approximate surface area is 116 Å². The van der Waals surface area contributed by atoms with Crippen molar-refractivity contribution in [1.29, 1.82) is 0 Å². The van der Waals surface area contributed by atoms with Gasteiger partial charge in [-0.2, -0.15) is 0 Å². The molecule has 0 saturated carbocycles. The minimum absolute atomic E-state index is 0.180. The first kappa shape index (κ1) is 14.2. The quantitative estimate of drug-likeness (QED) is 0.846. The number of aryl methyl sites for hydroxylation is 1. The van der Waals surface area contributed by atoms with Crippen molar-refractivity contribution in [2.45, 2.75) is 13.3 Å². The summed E-state index contributed by atoms with van der Waals surface area (Å²) in [5.41, 5.74) is 0.587. The fourth-order valence-electron chi connectivity index (χ4n) is 2.24. The average molecular weight is 285 g/mol. The molecule has 0 aromatic carbocycles. The summed E-state index contributed by atoms with van der Waals surface area (Å²) in [5.74, 6) is -0.905. The van der Waals surface area contributed by atoms with Crippen molar-refractivity contribution in [3.63, 3.8) is 0 Å². The van der Waals surface area contributed by atoms with Gasteiger partial charge in [0.05, 0.1) is 12.3 Å². The average Bonchev–Trinajstić information content (AvgIpc) is 2.60. The largest absolute Gasteiger partial charge is 0.477 e. The maximum Gasteiger partial charge on any atom is 0.347 e. The zero-order chi connectivity index (χ0) is 13.8. The Morgan fingerprint density at radius 1 is 1.37 bits per heavy atom. The Morgan fingerprint density at radius 2 is 2.16 bits per heavy atom. The number of carboxylic acid groups (broad SMARTS) is 1. The molecule has 0 bridgehead atoms. The van der Waals surface area contributed by atoms with Crippen molar-refractivity contribution in [3.05, 3.63) is 10.6 Å². The van der Waals surface area contributed by atoms with E-state index in [0.717, 1.165) is 37.7 Å². The van der Waals surface area contributed by atoms with Crippen LogP contribution in [0.5, 0.6) is 0 Å². The molecule has 7 heteroatoms. The summed E-state index contributed by atoms with van der Waals surface area (Å²) >= 11 is 1.25. The van der Waals surface area contributed by atoms with Crippen LogP contribution in [0.3, 0.4) is 0 Å². The molecule has 106 valence electrons. The molecule has 0 radical (unpaired) electrons. The van der Waals surface area contributed by atoms with Crippen LogP contribution in [0.15, 0.2) is 0 Å². The summed E-state index contributed by atoms with van der Waals surface area (Å²) in [5, 5.41) is 18.8. The van der Waals surface area contributed by atoms with Crippen LogP contribution in [-0.2, 0) is 0 Å². The lowest BCUT2D eigenvalue weighted by molar-refractivity contribution is 0.0701. The molecule has 1 aromatic heterocycles. The molecule has 6 nitrogen and oxygen atoms in total. The van der Waals surface area contributed by atoms with Crippen LogP contribution in [0, 0.1) is 6.92 Å². The van der Waals surface area contributed by atoms with Gasteiger partial charge in [0.15, 0.2) is 5.13 Å². The summed E-state index contributed by atoms with van der Waals surface area (Å²) in [4.78, 5) is 20.1. The molecule has 0 atom stereocenters. The van der Waals surface area contributed by atoms with Crippen LogP contribution in [0.25, 0.3) is 0 Å². The molecule has 2 heterocycles. The SMILES string of the molecule is Cc1nc(N2CCCN(CCO)CC2)sc1C(=O)O. The number of aromatic carboxylic acids is 1. The van der Waals surface area contributed by atoms with Crippen molar-refractivity contribution >= 4 is 22.4 Å². The molecule has 0 aliphatic carbocycles. The number of rotatable bonds is 4. The summed E-state index contributed by atoms with van der Waals surface area (Å²) in [6, 6.07) is 0. The number of hydrogen-bond donors (Lipinski definition) is 2. The van der Waals surface area contributed by atoms with Gasteiger partial charge >= 0.3 is 5.97 Å². The van der Waals surface area contributed by atoms with Crippen molar-refractivity contribution in [2.24, 2.45) is 0 Å². The molecule has 2 N–H and O–H groups in total. The van der Waals surface area contributed by atoms with Gasteiger partial charge in [0.25, 0.3) is 0 Å². The van der Waals surface area contributed by atoms with E-state index in [0.29, 0.717) is 17.1 Å². The second-order valence-electron chi connectivity index (χ2n) is 4.62. The number of aliphatic hydroxyl groups is 1. The van der Waals surface area contributed by atoms with Gasteiger partial charge in [-0.05, 0) is 19.9 Å². The third-order valence-electron chi connectivity index (χ3n) is 3.25. The van der Waals surface area contributed by atoms with Crippen LogP contribution in [0.1, 0.15) is 21.8 Å². The van der Waals surface area contributed by atoms with E-state index in [1.807, 2.05) is 0 Å². The molecule has 0 spiro atoms. The molecular formula is C12H19N3O3S. The maximum atomic E-state index is 11.0. The monoisotopic (exact) mass is 285 g/mol. The highest BCUT2D eigenvalue weighted by Crippen LogP contribution is 2.26. The van der Waals surface area contributed by atoms with Gasteiger partial charge in [0.2, 0.25) is 0 Å². The number of β-amino-alcohol motifs (C(OH)–C–C–N with tert-alkyl or cyclic N) is 1. The molecule has 1 aliphatic rings. The number of carbonyl (C=O) groups is 1. The lowest BCUT2D eigenvalue weighted by atomic mass is 10.4. The number of aliphatic hydroxyl groups excluding tert-OH is 1. The third kappa shape index (κ3) is 3.43. The Kier molecular flexibility index (Phi) is 4.73. The molecule has 19 heavy (non-hydrogen) atoms. The summed E-state index contributed by atoms with van der Waals surface area (Å²) < 4.78 is 0. The van der Waals surface area contributed by atoms with Crippen molar-refractivity contribution in [1.82, 2.24) is 9.88 Å². The molecule has 1 aromatic rings. The first-order chi connectivity index (χ1) is 9.11. The number of carboxylic acids is 1. The van der Waals surface area contributed by atoms with Gasteiger partial charge in [-0.3, -0.25) is 4.90 Å². The van der Waals surface area contributed by atoms with Gasteiger partial charge in [-0.25, -0.2) is 9.78 Å². The predicted molar refractivity (Wildman–Crippen MR) is 74.2 cm³/mol. The van der Waals surface area contributed by atoms with E-state index in [1.165, 1.54) is 11.3 Å². The highest BCUT2D eigenvalue weighted by molar-refractivity contribution is 7.17. The predicted octanol–water partition coefficient (Wildman–Crippen LogP) is 0.654. The topological polar surface area (TPSA) is 76.9 Å². The third-order valence-corrected chi connectivity index (χ3v) is 4.46. The molecule has 1 saturated heterocycles. The maximum absolute atomic E-state index is 11.0. The van der Waals surface area contributed by atoms with E-state index in [-0.39, 0.29) is 6.61 Å². The van der Waals surface area contributed by atoms with Gasteiger partial charge in [0, 0.05) is 26.2 Å². The zero-order valence-electron chi connectivity index (χ0n) is 11.0. The molecular weight excluding hydrogens is 266 g/mol. The summed E-state index contributed by atoms with van der Waals surface area (Å²) in [6.07, 6.45) is 1.00. The van der Waals surface area contributed by atoms with Gasteiger partial charge in [-0.15, -0.1) is 0 Å². The lowest BCUT2D eigenvalue weighted by Crippen LogP contribution is -2.32. The van der Waals surface area contributed by atoms with Crippen LogP contribution in [0.2, 0.25) is 0 Å². The Morgan fingerprint density at radius 3 is 2.79 bits per heavy atom. The Bertz CT molecular complexity index is 449. The molecule has 0 amide bonds. The van der Waals surface area contributed by atoms with E-state index >= 15 is 0 Å². The van der Waals surface area contributed by atoms with Crippen LogP contribution >= 0.6 is 11.3 Å². The first-order valence-electron chi connectivity index (χ1n) is 6.40. The number of thiazole rings is 1. The van der Waals surface area contributed by atoms with Crippen LogP contribution < -0.4 is 4.90 Å². The number of nitrogens with zero attached hydrogens (tertiary/aromatic N) is 3. The van der Waals surface area contributed by atoms with E-state index in [2.05, 4.69) is 14.8 Å². The number of aromatic nitrogens is 1. The fourth-order valence-corrected chi connectivity index (χ4v) is 3.20. The van der Waals surface area contributed by atoms with E-state index in [4.69, 9.17) is 10.2 Å². The van der Waals surface area contributed by atoms with E-state index < -0.39 is 5.97 Å². The summed E-state index contributed by atoms with van der Waals surface area (Å²) in [7, 11) is 0. The highest BCUT2D eigenvalue weighted by atomic mass is 32.1. The van der Waals surface area contributed by atoms with Gasteiger partial charge in [-0.1, -0.05) is 11.3 Å². The normalized spacial score (nSPS) is 17.5. The molecule has 2 rings (SSSR count). The van der Waals surface area contributed by atoms with E-state index in [1.54, 1.807) is 6.92 Å². The molecule has 1 aliphatic heterocycles. The van der Waals surface area contributed by atoms with Gasteiger partial charge < -0.3 is 15.1 Å². The van der Waals surface area contributed by atoms with Gasteiger partial charge in [0.1, 0.15) is 4.88 Å². The van der Waals surface area contributed by atoms with E-state index in [9.17, 15) is 4.79 Å². The van der Waals surface area contributed by atoms with Crippen LogP contribution in [0.4, 0.5) is 5.13 Å². The first-order valence-corrected chi connectivity index (χ1v) is 7.22. The van der Waals surface area contributed by atoms with Crippen molar-refractivity contribution < 1.29 is 15.0 Å². The minimum atomic E-state index is -0.905. The standard InChI is InChI=1S/C12H19N3O3S/c1-9-10(11(17)18)19-12(13-9)15-4-2-3-14(5-6-15)7-8-16/h16H,2-8H2,1H3,(H,17,18). The Balaban J connectivity index is 2.06. The summed E-state index contributed by atoms with van der Waals surface area (Å²) in [6.45, 7) is 6.17. The number of hydrogen-bond acceptors (Lipinski definition) is 6. The number of anilines is 1. The minimum Gasteiger partial charge on any atom is -0.477 e. The molecule has 0 unspecified atom stereocenters. The zero-order valence-corrected chi connectivity index (χ0v) is 11.8. The fraction of sp³-hybridized carbons (Fsp3) is 0.667. The second-order valence-corrected chi connectivity index (χ2v) is 5.60. The van der Waals surface area contributed by atoms with Crippen LogP contribution in [-0.4, -0.2) is 65.4 Å². The Hall–Kier alpha value is -1.18. The van der Waals surface area contributed by atoms with Crippen molar-refractivity contribution in [2.75, 3.05) is 44.2 Å². The lowest BCUT2D eigenvalue weighted by Gasteiger charge is -2.20. The van der Waals surface area contributed by atoms with Crippen molar-refractivity contribution in [3.8, 4) is 0 Å².